The van der Waals surface area contributed by atoms with Crippen LogP contribution < -0.4 is 5.73 Å². The Kier molecular flexibility index (Phi) is 3.10. The molecular weight excluding hydrogens is 198 g/mol. The van der Waals surface area contributed by atoms with Crippen LogP contribution in [0.5, 0.6) is 0 Å². The van der Waals surface area contributed by atoms with Crippen LogP contribution in [-0.2, 0) is 6.42 Å². The van der Waals surface area contributed by atoms with Gasteiger partial charge in [-0.3, -0.25) is 0 Å². The molecule has 0 aliphatic carbocycles. The second kappa shape index (κ2) is 3.96. The lowest BCUT2D eigenvalue weighted by atomic mass is 10.1. The minimum absolute atomic E-state index is 0.0417. The first kappa shape index (κ1) is 11.0. The van der Waals surface area contributed by atoms with E-state index in [2.05, 4.69) is 0 Å². The lowest BCUT2D eigenvalue weighted by Gasteiger charge is -2.07. The van der Waals surface area contributed by atoms with E-state index in [1.54, 1.807) is 6.92 Å². The lowest BCUT2D eigenvalue weighted by molar-refractivity contribution is 0.402. The molecule has 0 spiro atoms. The molecule has 1 aromatic rings. The number of benzene rings is 1. The zero-order chi connectivity index (χ0) is 10.9. The van der Waals surface area contributed by atoms with Crippen LogP contribution in [0.25, 0.3) is 0 Å². The fourth-order valence-corrected chi connectivity index (χ4v) is 1.12. The molecule has 1 atom stereocenters. The van der Waals surface area contributed by atoms with Crippen LogP contribution >= 0.6 is 0 Å². The van der Waals surface area contributed by atoms with Crippen molar-refractivity contribution in [3.8, 4) is 0 Å². The third-order valence-electron chi connectivity index (χ3n) is 1.72. The Balaban J connectivity index is 3.19. The summed E-state index contributed by atoms with van der Waals surface area (Å²) in [6.07, 6.45) is -0.0417. The maximum Gasteiger partial charge on any atom is 0.197 e. The number of nitrogens with two attached hydrogens (primary N) is 1. The molecule has 0 amide bonds. The van der Waals surface area contributed by atoms with Crippen molar-refractivity contribution in [3.63, 3.8) is 0 Å². The Hall–Kier alpha value is -1.10. The smallest absolute Gasteiger partial charge is 0.197 e. The molecule has 1 aromatic carbocycles. The molecule has 0 unspecified atom stereocenters. The quantitative estimate of drug-likeness (QED) is 0.448. The highest BCUT2D eigenvalue weighted by Gasteiger charge is 2.18. The molecule has 0 radical (unpaired) electrons. The largest absolute Gasteiger partial charge is 0.328 e. The van der Waals surface area contributed by atoms with E-state index in [0.29, 0.717) is 6.07 Å². The molecule has 0 aliphatic rings. The Morgan fingerprint density at radius 1 is 1.14 bits per heavy atom. The Morgan fingerprint density at radius 3 is 2.21 bits per heavy atom. The molecule has 0 fully saturated rings. The number of hydrogen-bond donors (Lipinski definition) is 1. The minimum atomic E-state index is -1.80. The molecule has 0 saturated heterocycles. The van der Waals surface area contributed by atoms with Crippen LogP contribution in [0.4, 0.5) is 17.6 Å². The summed E-state index contributed by atoms with van der Waals surface area (Å²) in [7, 11) is 0. The molecule has 1 nitrogen and oxygen atoms in total. The third kappa shape index (κ3) is 2.04. The summed E-state index contributed by atoms with van der Waals surface area (Å²) in [5, 5.41) is 0. The molecule has 0 bridgehead atoms. The normalized spacial score (nSPS) is 13.0. The zero-order valence-corrected chi connectivity index (χ0v) is 7.45. The van der Waals surface area contributed by atoms with E-state index in [1.807, 2.05) is 0 Å². The van der Waals surface area contributed by atoms with Crippen LogP contribution in [-0.4, -0.2) is 6.04 Å². The summed E-state index contributed by atoms with van der Waals surface area (Å²) in [6, 6.07) is 0.172. The van der Waals surface area contributed by atoms with Crippen LogP contribution in [0.3, 0.4) is 0 Å². The van der Waals surface area contributed by atoms with Gasteiger partial charge in [0, 0.05) is 6.04 Å². The van der Waals surface area contributed by atoms with Gasteiger partial charge in [0.2, 0.25) is 0 Å². The van der Waals surface area contributed by atoms with Gasteiger partial charge in [0.1, 0.15) is 0 Å². The summed E-state index contributed by atoms with van der Waals surface area (Å²) in [4.78, 5) is 0. The van der Waals surface area contributed by atoms with Crippen molar-refractivity contribution in [2.24, 2.45) is 5.73 Å². The molecule has 2 N–H and O–H groups in total. The van der Waals surface area contributed by atoms with Gasteiger partial charge >= 0.3 is 0 Å². The van der Waals surface area contributed by atoms with Crippen molar-refractivity contribution in [2.45, 2.75) is 19.4 Å². The second-order valence-corrected chi connectivity index (χ2v) is 3.14. The van der Waals surface area contributed by atoms with Gasteiger partial charge in [-0.25, -0.2) is 17.6 Å². The summed E-state index contributed by atoms with van der Waals surface area (Å²) < 4.78 is 50.8. The molecule has 0 saturated carbocycles. The van der Waals surface area contributed by atoms with E-state index in [9.17, 15) is 17.6 Å². The van der Waals surface area contributed by atoms with Gasteiger partial charge < -0.3 is 5.73 Å². The first-order valence-electron chi connectivity index (χ1n) is 4.01. The van der Waals surface area contributed by atoms with E-state index < -0.39 is 29.3 Å². The van der Waals surface area contributed by atoms with Gasteiger partial charge in [0.05, 0.1) is 0 Å². The van der Waals surface area contributed by atoms with Crippen molar-refractivity contribution in [1.29, 1.82) is 0 Å². The van der Waals surface area contributed by atoms with Gasteiger partial charge in [-0.1, -0.05) is 0 Å². The van der Waals surface area contributed by atoms with Gasteiger partial charge in [0.15, 0.2) is 23.3 Å². The number of rotatable bonds is 2. The average molecular weight is 207 g/mol. The lowest BCUT2D eigenvalue weighted by Crippen LogP contribution is -2.19. The summed E-state index contributed by atoms with van der Waals surface area (Å²) in [5.74, 6) is -6.36. The van der Waals surface area contributed by atoms with Gasteiger partial charge in [0.25, 0.3) is 0 Å². The average Bonchev–Trinajstić information content (AvgIpc) is 2.10. The number of hydrogen-bond acceptors (Lipinski definition) is 1. The predicted molar refractivity (Wildman–Crippen MR) is 43.6 cm³/mol. The zero-order valence-electron chi connectivity index (χ0n) is 7.45. The summed E-state index contributed by atoms with van der Waals surface area (Å²) in [5.41, 5.74) is 5.07. The Morgan fingerprint density at radius 2 is 1.71 bits per heavy atom. The molecule has 14 heavy (non-hydrogen) atoms. The van der Waals surface area contributed by atoms with Crippen molar-refractivity contribution in [3.05, 3.63) is 34.9 Å². The van der Waals surface area contributed by atoms with Crippen LogP contribution in [0.1, 0.15) is 12.5 Å². The maximum absolute atomic E-state index is 13.0. The van der Waals surface area contributed by atoms with Gasteiger partial charge in [-0.05, 0) is 25.0 Å². The van der Waals surface area contributed by atoms with E-state index >= 15 is 0 Å². The topological polar surface area (TPSA) is 26.0 Å². The van der Waals surface area contributed by atoms with Crippen LogP contribution in [0.2, 0.25) is 0 Å². The monoisotopic (exact) mass is 207 g/mol. The maximum atomic E-state index is 13.0. The highest BCUT2D eigenvalue weighted by Crippen LogP contribution is 2.19. The molecule has 78 valence electrons. The molecule has 0 aromatic heterocycles. The van der Waals surface area contributed by atoms with Crippen molar-refractivity contribution in [1.82, 2.24) is 0 Å². The molecule has 1 rings (SSSR count). The molecular formula is C9H9F4N. The highest BCUT2D eigenvalue weighted by atomic mass is 19.2. The minimum Gasteiger partial charge on any atom is -0.328 e. The predicted octanol–water partition coefficient (Wildman–Crippen LogP) is 2.13. The van der Waals surface area contributed by atoms with Crippen LogP contribution in [0, 0.1) is 23.3 Å². The molecule has 0 aliphatic heterocycles. The fraction of sp³-hybridized carbons (Fsp3) is 0.333. The SMILES string of the molecule is C[C@H](N)Cc1cc(F)c(F)c(F)c1F. The van der Waals surface area contributed by atoms with Crippen LogP contribution in [0.15, 0.2) is 6.07 Å². The summed E-state index contributed by atoms with van der Waals surface area (Å²) in [6.45, 7) is 1.55. The Bertz CT molecular complexity index is 349. The molecule has 0 heterocycles. The third-order valence-corrected chi connectivity index (χ3v) is 1.72. The van der Waals surface area contributed by atoms with Gasteiger partial charge in [-0.15, -0.1) is 0 Å². The first-order valence-corrected chi connectivity index (χ1v) is 4.01. The fourth-order valence-electron chi connectivity index (χ4n) is 1.12. The standard InChI is InChI=1S/C9H9F4N/c1-4(14)2-5-3-6(10)8(12)9(13)7(5)11/h3-4H,2,14H2,1H3/t4-/m0/s1. The Labute approximate surface area is 78.5 Å². The van der Waals surface area contributed by atoms with Crippen molar-refractivity contribution < 1.29 is 17.6 Å². The molecule has 5 heteroatoms. The van der Waals surface area contributed by atoms with Gasteiger partial charge in [-0.2, -0.15) is 0 Å². The number of halogens is 4. The van der Waals surface area contributed by atoms with E-state index in [-0.39, 0.29) is 12.0 Å². The summed E-state index contributed by atoms with van der Waals surface area (Å²) >= 11 is 0. The highest BCUT2D eigenvalue weighted by molar-refractivity contribution is 5.22. The van der Waals surface area contributed by atoms with E-state index in [0.717, 1.165) is 0 Å². The van der Waals surface area contributed by atoms with Crippen molar-refractivity contribution in [2.75, 3.05) is 0 Å². The van der Waals surface area contributed by atoms with Crippen molar-refractivity contribution >= 4 is 0 Å². The second-order valence-electron chi connectivity index (χ2n) is 3.14. The first-order chi connectivity index (χ1) is 6.43. The van der Waals surface area contributed by atoms with E-state index in [4.69, 9.17) is 5.73 Å². The van der Waals surface area contributed by atoms with E-state index in [1.165, 1.54) is 0 Å².